The highest BCUT2D eigenvalue weighted by Gasteiger charge is 2.17. The molecule has 1 aromatic carbocycles. The van der Waals surface area contributed by atoms with Gasteiger partial charge in [-0.15, -0.1) is 24.8 Å². The van der Waals surface area contributed by atoms with E-state index in [1.165, 1.54) is 19.1 Å². The van der Waals surface area contributed by atoms with Crippen LogP contribution in [-0.2, 0) is 6.54 Å². The number of hydrogen-bond donors (Lipinski definition) is 2. The van der Waals surface area contributed by atoms with Gasteiger partial charge in [0.2, 0.25) is 0 Å². The van der Waals surface area contributed by atoms with Crippen molar-refractivity contribution in [2.24, 2.45) is 5.73 Å². The summed E-state index contributed by atoms with van der Waals surface area (Å²) in [5.41, 5.74) is 7.89. The van der Waals surface area contributed by atoms with Crippen molar-refractivity contribution in [3.63, 3.8) is 0 Å². The Morgan fingerprint density at radius 2 is 1.91 bits per heavy atom. The average Bonchev–Trinajstić information content (AvgIpc) is 3.19. The van der Waals surface area contributed by atoms with Crippen LogP contribution in [0.15, 0.2) is 41.0 Å². The van der Waals surface area contributed by atoms with E-state index in [0.717, 1.165) is 24.5 Å². The fourth-order valence-electron chi connectivity index (χ4n) is 2.61. The van der Waals surface area contributed by atoms with E-state index >= 15 is 0 Å². The van der Waals surface area contributed by atoms with Crippen LogP contribution in [0.3, 0.4) is 0 Å². The lowest BCUT2D eigenvalue weighted by Gasteiger charge is -2.21. The quantitative estimate of drug-likeness (QED) is 0.878. The van der Waals surface area contributed by atoms with Crippen LogP contribution < -0.4 is 16.0 Å². The van der Waals surface area contributed by atoms with Gasteiger partial charge in [-0.2, -0.15) is 0 Å². The Kier molecular flexibility index (Phi) is 7.42. The van der Waals surface area contributed by atoms with Gasteiger partial charge in [-0.05, 0) is 31.0 Å². The van der Waals surface area contributed by atoms with Gasteiger partial charge in [0.25, 0.3) is 5.91 Å². The summed E-state index contributed by atoms with van der Waals surface area (Å²) < 4.78 is 5.21. The minimum atomic E-state index is -0.176. The Morgan fingerprint density at radius 1 is 1.22 bits per heavy atom. The Balaban J connectivity index is 0.00000132. The summed E-state index contributed by atoms with van der Waals surface area (Å²) in [4.78, 5) is 14.6. The summed E-state index contributed by atoms with van der Waals surface area (Å²) in [6.45, 7) is 2.36. The van der Waals surface area contributed by atoms with E-state index in [-0.39, 0.29) is 37.3 Å². The fourth-order valence-corrected chi connectivity index (χ4v) is 2.61. The molecule has 3 rings (SSSR count). The third kappa shape index (κ3) is 4.41. The molecule has 1 fully saturated rings. The molecular weight excluding hydrogens is 337 g/mol. The maximum absolute atomic E-state index is 12.3. The zero-order chi connectivity index (χ0) is 14.7. The number of carbonyl (C=O) groups excluding carboxylic acids is 1. The van der Waals surface area contributed by atoms with Gasteiger partial charge >= 0.3 is 0 Å². The van der Waals surface area contributed by atoms with Crippen LogP contribution in [0.25, 0.3) is 0 Å². The van der Waals surface area contributed by atoms with Crippen molar-refractivity contribution < 1.29 is 9.21 Å². The maximum Gasteiger partial charge on any atom is 0.258 e. The van der Waals surface area contributed by atoms with Crippen LogP contribution in [0.2, 0.25) is 0 Å². The van der Waals surface area contributed by atoms with Crippen LogP contribution in [-0.4, -0.2) is 19.0 Å². The topological polar surface area (TPSA) is 71.5 Å². The molecule has 1 aromatic heterocycles. The van der Waals surface area contributed by atoms with Gasteiger partial charge < -0.3 is 20.4 Å². The van der Waals surface area contributed by atoms with Crippen molar-refractivity contribution in [3.05, 3.63) is 47.9 Å². The molecule has 0 aliphatic carbocycles. The normalized spacial score (nSPS) is 13.2. The molecule has 0 radical (unpaired) electrons. The van der Waals surface area contributed by atoms with Gasteiger partial charge in [0, 0.05) is 13.1 Å². The summed E-state index contributed by atoms with van der Waals surface area (Å²) in [6.07, 6.45) is 3.84. The third-order valence-electron chi connectivity index (χ3n) is 3.72. The van der Waals surface area contributed by atoms with Gasteiger partial charge in [-0.25, -0.2) is 0 Å². The number of halogens is 2. The number of rotatable bonds is 4. The molecule has 126 valence electrons. The molecule has 23 heavy (non-hydrogen) atoms. The standard InChI is InChI=1S/C16H19N3O2.2ClH/c17-10-13-9-12(11-21-13)16(20)18-14-5-1-2-6-15(14)19-7-3-4-8-19;;/h1-2,5-6,9,11H,3-4,7-8,10,17H2,(H,18,20);2*1H. The molecule has 3 N–H and O–H groups in total. The molecule has 0 bridgehead atoms. The predicted octanol–water partition coefficient (Wildman–Crippen LogP) is 3.43. The number of anilines is 2. The number of carbonyl (C=O) groups is 1. The number of nitrogens with zero attached hydrogens (tertiary/aromatic N) is 1. The van der Waals surface area contributed by atoms with Crippen LogP contribution in [0.5, 0.6) is 0 Å². The second kappa shape index (κ2) is 8.82. The molecule has 0 unspecified atom stereocenters. The lowest BCUT2D eigenvalue weighted by molar-refractivity contribution is 0.102. The molecule has 5 nitrogen and oxygen atoms in total. The largest absolute Gasteiger partial charge is 0.467 e. The van der Waals surface area contributed by atoms with Crippen molar-refractivity contribution in [1.29, 1.82) is 0 Å². The van der Waals surface area contributed by atoms with Crippen molar-refractivity contribution >= 4 is 42.1 Å². The molecule has 0 atom stereocenters. The van der Waals surface area contributed by atoms with Crippen molar-refractivity contribution in [2.45, 2.75) is 19.4 Å². The van der Waals surface area contributed by atoms with E-state index in [9.17, 15) is 4.79 Å². The van der Waals surface area contributed by atoms with Gasteiger partial charge in [0.1, 0.15) is 12.0 Å². The first-order valence-electron chi connectivity index (χ1n) is 7.21. The first-order valence-corrected chi connectivity index (χ1v) is 7.21. The van der Waals surface area contributed by atoms with Crippen LogP contribution in [0.1, 0.15) is 29.0 Å². The fraction of sp³-hybridized carbons (Fsp3) is 0.312. The molecule has 7 heteroatoms. The van der Waals surface area contributed by atoms with Gasteiger partial charge in [-0.1, -0.05) is 12.1 Å². The molecule has 2 heterocycles. The summed E-state index contributed by atoms with van der Waals surface area (Å²) in [5, 5.41) is 2.96. The number of benzene rings is 1. The first-order chi connectivity index (χ1) is 10.3. The van der Waals surface area contributed by atoms with Crippen molar-refractivity contribution in [2.75, 3.05) is 23.3 Å². The van der Waals surface area contributed by atoms with E-state index in [1.54, 1.807) is 6.07 Å². The zero-order valence-corrected chi connectivity index (χ0v) is 14.3. The maximum atomic E-state index is 12.3. The van der Waals surface area contributed by atoms with Gasteiger partial charge in [0.05, 0.1) is 23.5 Å². The predicted molar refractivity (Wildman–Crippen MR) is 96.9 cm³/mol. The number of para-hydroxylation sites is 2. The van der Waals surface area contributed by atoms with E-state index in [2.05, 4.69) is 10.2 Å². The number of nitrogens with two attached hydrogens (primary N) is 1. The molecule has 1 aliphatic rings. The highest BCUT2D eigenvalue weighted by molar-refractivity contribution is 6.05. The Labute approximate surface area is 148 Å². The van der Waals surface area contributed by atoms with Crippen LogP contribution in [0.4, 0.5) is 11.4 Å². The SMILES string of the molecule is Cl.Cl.NCc1cc(C(=O)Nc2ccccc2N2CCCC2)co1. The molecule has 1 saturated heterocycles. The summed E-state index contributed by atoms with van der Waals surface area (Å²) in [6, 6.07) is 9.56. The monoisotopic (exact) mass is 357 g/mol. The third-order valence-corrected chi connectivity index (χ3v) is 3.72. The van der Waals surface area contributed by atoms with Crippen molar-refractivity contribution in [1.82, 2.24) is 0 Å². The van der Waals surface area contributed by atoms with Crippen LogP contribution >= 0.6 is 24.8 Å². The van der Waals surface area contributed by atoms with Crippen LogP contribution in [0, 0.1) is 0 Å². The highest BCUT2D eigenvalue weighted by atomic mass is 35.5. The van der Waals surface area contributed by atoms with E-state index < -0.39 is 0 Å². The van der Waals surface area contributed by atoms with Gasteiger partial charge in [0.15, 0.2) is 0 Å². The number of amides is 1. The second-order valence-corrected chi connectivity index (χ2v) is 5.17. The second-order valence-electron chi connectivity index (χ2n) is 5.17. The number of hydrogen-bond acceptors (Lipinski definition) is 4. The minimum absolute atomic E-state index is 0. The van der Waals surface area contributed by atoms with Crippen molar-refractivity contribution in [3.8, 4) is 0 Å². The molecule has 2 aromatic rings. The highest BCUT2D eigenvalue weighted by Crippen LogP contribution is 2.29. The minimum Gasteiger partial charge on any atom is -0.467 e. The lowest BCUT2D eigenvalue weighted by Crippen LogP contribution is -2.21. The van der Waals surface area contributed by atoms with E-state index in [1.807, 2.05) is 24.3 Å². The summed E-state index contributed by atoms with van der Waals surface area (Å²) in [5.74, 6) is 0.429. The smallest absolute Gasteiger partial charge is 0.258 e. The van der Waals surface area contributed by atoms with E-state index in [4.69, 9.17) is 10.2 Å². The van der Waals surface area contributed by atoms with Gasteiger partial charge in [-0.3, -0.25) is 4.79 Å². The molecule has 1 amide bonds. The Hall–Kier alpha value is -1.69. The Bertz CT molecular complexity index is 640. The first kappa shape index (κ1) is 19.4. The lowest BCUT2D eigenvalue weighted by atomic mass is 10.2. The molecule has 0 saturated carbocycles. The Morgan fingerprint density at radius 3 is 2.57 bits per heavy atom. The summed E-state index contributed by atoms with van der Waals surface area (Å²) in [7, 11) is 0. The van der Waals surface area contributed by atoms with E-state index in [0.29, 0.717) is 11.3 Å². The zero-order valence-electron chi connectivity index (χ0n) is 12.7. The molecular formula is C16H21Cl2N3O2. The number of nitrogens with one attached hydrogen (secondary N) is 1. The summed E-state index contributed by atoms with van der Waals surface area (Å²) >= 11 is 0. The average molecular weight is 358 g/mol. The number of furan rings is 1. The molecule has 1 aliphatic heterocycles. The molecule has 0 spiro atoms.